The van der Waals surface area contributed by atoms with Gasteiger partial charge in [0, 0.05) is 17.5 Å². The van der Waals surface area contributed by atoms with E-state index in [4.69, 9.17) is 14.2 Å². The Bertz CT molecular complexity index is 728. The minimum Gasteiger partial charge on any atom is -0.480 e. The fraction of sp³-hybridized carbons (Fsp3) is 0.412. The van der Waals surface area contributed by atoms with E-state index in [1.165, 1.54) is 0 Å². The Labute approximate surface area is 132 Å². The summed E-state index contributed by atoms with van der Waals surface area (Å²) < 4.78 is 16.9. The molecule has 6 nitrogen and oxygen atoms in total. The normalized spacial score (nSPS) is 29.1. The quantitative estimate of drug-likeness (QED) is 0.839. The molecule has 0 spiro atoms. The molecule has 1 aromatic rings. The first kappa shape index (κ1) is 14.6. The molecule has 1 aliphatic carbocycles. The number of aliphatic hydroxyl groups excluding tert-OH is 1. The number of aliphatic hydroxyl groups is 1. The number of carbonyl (C=O) groups excluding carboxylic acids is 2. The minimum absolute atomic E-state index is 0.0338. The summed E-state index contributed by atoms with van der Waals surface area (Å²) in [5.74, 6) is -1.86. The molecule has 6 heteroatoms. The van der Waals surface area contributed by atoms with E-state index in [1.54, 1.807) is 31.2 Å². The maximum Gasteiger partial charge on any atom is 0.228 e. The van der Waals surface area contributed by atoms with Gasteiger partial charge in [-0.1, -0.05) is 24.3 Å². The molecule has 1 saturated heterocycles. The number of hydrogen-bond acceptors (Lipinski definition) is 6. The standard InChI is InChI=1S/C17H16O6/c1-17(21-6-7-22-17)12-8-11(18)13-14(19)9-4-2-3-5-10(9)15(20)16(13)23-12/h2-5,11-12,18H,6-8H2,1H3/t11-,12+/m0/s1. The third-order valence-corrected chi connectivity index (χ3v) is 4.59. The van der Waals surface area contributed by atoms with Crippen LogP contribution in [0.4, 0.5) is 0 Å². The number of carbonyl (C=O) groups is 2. The van der Waals surface area contributed by atoms with Crippen molar-refractivity contribution in [2.24, 2.45) is 0 Å². The van der Waals surface area contributed by atoms with Crippen molar-refractivity contribution >= 4 is 11.6 Å². The van der Waals surface area contributed by atoms with Gasteiger partial charge in [0.25, 0.3) is 0 Å². The molecular weight excluding hydrogens is 300 g/mol. The second kappa shape index (κ2) is 4.99. The van der Waals surface area contributed by atoms with Gasteiger partial charge in [-0.25, -0.2) is 0 Å². The maximum atomic E-state index is 12.7. The summed E-state index contributed by atoms with van der Waals surface area (Å²) in [5, 5.41) is 10.4. The van der Waals surface area contributed by atoms with Crippen LogP contribution in [0.5, 0.6) is 0 Å². The van der Waals surface area contributed by atoms with Gasteiger partial charge in [-0.05, 0) is 6.92 Å². The first-order valence-electron chi connectivity index (χ1n) is 7.56. The SMILES string of the molecule is CC1([C@H]2C[C@H](O)C3=C(O2)C(=O)c2ccccc2C3=O)OCCO1. The van der Waals surface area contributed by atoms with Crippen molar-refractivity contribution in [3.8, 4) is 0 Å². The van der Waals surface area contributed by atoms with Crippen LogP contribution in [0.3, 0.4) is 0 Å². The van der Waals surface area contributed by atoms with Crippen molar-refractivity contribution in [1.82, 2.24) is 0 Å². The second-order valence-electron chi connectivity index (χ2n) is 6.02. The fourth-order valence-corrected chi connectivity index (χ4v) is 3.34. The number of Topliss-reactive ketones (excluding diaryl/α,β-unsaturated/α-hetero) is 2. The van der Waals surface area contributed by atoms with Gasteiger partial charge in [-0.15, -0.1) is 0 Å². The highest BCUT2D eigenvalue weighted by molar-refractivity contribution is 6.26. The molecule has 0 bridgehead atoms. The molecule has 0 aromatic heterocycles. The van der Waals surface area contributed by atoms with Crippen LogP contribution in [0.15, 0.2) is 35.6 Å². The first-order valence-corrected chi connectivity index (χ1v) is 7.56. The van der Waals surface area contributed by atoms with E-state index in [1.807, 2.05) is 0 Å². The number of hydrogen-bond donors (Lipinski definition) is 1. The van der Waals surface area contributed by atoms with E-state index in [9.17, 15) is 14.7 Å². The molecule has 1 aromatic carbocycles. The molecule has 2 atom stereocenters. The highest BCUT2D eigenvalue weighted by atomic mass is 16.8. The highest BCUT2D eigenvalue weighted by Gasteiger charge is 2.49. The van der Waals surface area contributed by atoms with E-state index >= 15 is 0 Å². The van der Waals surface area contributed by atoms with Crippen LogP contribution >= 0.6 is 0 Å². The van der Waals surface area contributed by atoms with Gasteiger partial charge in [0.15, 0.2) is 17.6 Å². The second-order valence-corrected chi connectivity index (χ2v) is 6.02. The van der Waals surface area contributed by atoms with E-state index in [-0.39, 0.29) is 29.3 Å². The molecule has 23 heavy (non-hydrogen) atoms. The summed E-state index contributed by atoms with van der Waals surface area (Å²) in [6, 6.07) is 6.55. The zero-order valence-corrected chi connectivity index (χ0v) is 12.6. The van der Waals surface area contributed by atoms with Crippen molar-refractivity contribution in [1.29, 1.82) is 0 Å². The Kier molecular flexibility index (Phi) is 3.16. The summed E-state index contributed by atoms with van der Waals surface area (Å²) in [5.41, 5.74) is 0.631. The predicted molar refractivity (Wildman–Crippen MR) is 77.9 cm³/mol. The molecule has 120 valence electrons. The summed E-state index contributed by atoms with van der Waals surface area (Å²) in [6.07, 6.45) is -1.60. The summed E-state index contributed by atoms with van der Waals surface area (Å²) in [7, 11) is 0. The van der Waals surface area contributed by atoms with Gasteiger partial charge in [0.1, 0.15) is 0 Å². The van der Waals surface area contributed by atoms with Crippen molar-refractivity contribution < 1.29 is 28.9 Å². The van der Waals surface area contributed by atoms with Crippen LogP contribution in [0.25, 0.3) is 0 Å². The van der Waals surface area contributed by atoms with Gasteiger partial charge in [0.05, 0.1) is 24.9 Å². The Balaban J connectivity index is 1.76. The number of fused-ring (bicyclic) bond motifs is 1. The highest BCUT2D eigenvalue weighted by Crippen LogP contribution is 2.39. The largest absolute Gasteiger partial charge is 0.480 e. The first-order chi connectivity index (χ1) is 11.0. The molecule has 0 amide bonds. The van der Waals surface area contributed by atoms with Crippen LogP contribution in [-0.2, 0) is 14.2 Å². The molecular formula is C17H16O6. The van der Waals surface area contributed by atoms with Gasteiger partial charge >= 0.3 is 0 Å². The topological polar surface area (TPSA) is 82.1 Å². The lowest BCUT2D eigenvalue weighted by Gasteiger charge is -2.39. The van der Waals surface area contributed by atoms with Crippen molar-refractivity contribution in [3.63, 3.8) is 0 Å². The molecule has 2 heterocycles. The molecule has 0 radical (unpaired) electrons. The number of ether oxygens (including phenoxy) is 3. The molecule has 1 fully saturated rings. The van der Waals surface area contributed by atoms with Crippen LogP contribution < -0.4 is 0 Å². The summed E-state index contributed by atoms with van der Waals surface area (Å²) in [6.45, 7) is 2.56. The zero-order chi connectivity index (χ0) is 16.2. The Hall–Kier alpha value is -2.02. The smallest absolute Gasteiger partial charge is 0.228 e. The minimum atomic E-state index is -1.09. The molecule has 0 unspecified atom stereocenters. The third-order valence-electron chi connectivity index (χ3n) is 4.59. The number of benzene rings is 1. The maximum absolute atomic E-state index is 12.7. The Morgan fingerprint density at radius 3 is 2.35 bits per heavy atom. The van der Waals surface area contributed by atoms with Gasteiger partial charge in [0.2, 0.25) is 11.6 Å². The Morgan fingerprint density at radius 1 is 1.09 bits per heavy atom. The van der Waals surface area contributed by atoms with Gasteiger partial charge < -0.3 is 19.3 Å². The lowest BCUT2D eigenvalue weighted by Crippen LogP contribution is -2.49. The fourth-order valence-electron chi connectivity index (χ4n) is 3.34. The third kappa shape index (κ3) is 2.06. The van der Waals surface area contributed by atoms with Crippen LogP contribution in [0.1, 0.15) is 34.1 Å². The lowest BCUT2D eigenvalue weighted by molar-refractivity contribution is -0.220. The summed E-state index contributed by atoms with van der Waals surface area (Å²) in [4.78, 5) is 25.3. The molecule has 0 saturated carbocycles. The summed E-state index contributed by atoms with van der Waals surface area (Å²) >= 11 is 0. The predicted octanol–water partition coefficient (Wildman–Crippen LogP) is 1.23. The van der Waals surface area contributed by atoms with E-state index in [0.29, 0.717) is 24.3 Å². The Morgan fingerprint density at radius 2 is 1.70 bits per heavy atom. The van der Waals surface area contributed by atoms with E-state index in [0.717, 1.165) is 0 Å². The number of ketones is 2. The number of allylic oxidation sites excluding steroid dienone is 1. The van der Waals surface area contributed by atoms with Crippen LogP contribution in [0, 0.1) is 0 Å². The average Bonchev–Trinajstić information content (AvgIpc) is 3.00. The molecule has 3 aliphatic rings. The van der Waals surface area contributed by atoms with E-state index < -0.39 is 18.0 Å². The average molecular weight is 316 g/mol. The van der Waals surface area contributed by atoms with Crippen LogP contribution in [0.2, 0.25) is 0 Å². The monoisotopic (exact) mass is 316 g/mol. The van der Waals surface area contributed by atoms with Crippen molar-refractivity contribution in [2.45, 2.75) is 31.3 Å². The molecule has 4 rings (SSSR count). The molecule has 1 N–H and O–H groups in total. The van der Waals surface area contributed by atoms with Gasteiger partial charge in [-0.2, -0.15) is 0 Å². The zero-order valence-electron chi connectivity index (χ0n) is 12.6. The lowest BCUT2D eigenvalue weighted by atomic mass is 9.82. The van der Waals surface area contributed by atoms with Gasteiger partial charge in [-0.3, -0.25) is 9.59 Å². The van der Waals surface area contributed by atoms with Crippen LogP contribution in [-0.4, -0.2) is 47.9 Å². The van der Waals surface area contributed by atoms with Crippen molar-refractivity contribution in [2.75, 3.05) is 13.2 Å². The van der Waals surface area contributed by atoms with E-state index in [2.05, 4.69) is 0 Å². The molecule has 2 aliphatic heterocycles. The number of rotatable bonds is 1. The van der Waals surface area contributed by atoms with Crippen molar-refractivity contribution in [3.05, 3.63) is 46.7 Å².